The van der Waals surface area contributed by atoms with Gasteiger partial charge in [0.05, 0.1) is 30.7 Å². The van der Waals surface area contributed by atoms with E-state index < -0.39 is 6.04 Å². The minimum atomic E-state index is -0.539. The molecule has 1 aromatic heterocycles. The molecule has 2 heterocycles. The molecule has 196 valence electrons. The summed E-state index contributed by atoms with van der Waals surface area (Å²) in [5.41, 5.74) is 4.64. The lowest BCUT2D eigenvalue weighted by Crippen LogP contribution is -2.31. The highest BCUT2D eigenvalue weighted by Crippen LogP contribution is 2.39. The zero-order chi connectivity index (χ0) is 26.8. The van der Waals surface area contributed by atoms with Gasteiger partial charge >= 0.3 is 0 Å². The summed E-state index contributed by atoms with van der Waals surface area (Å²) in [5, 5.41) is 0.501. The van der Waals surface area contributed by atoms with Crippen molar-refractivity contribution in [3.63, 3.8) is 0 Å². The van der Waals surface area contributed by atoms with Gasteiger partial charge in [-0.05, 0) is 85.3 Å². The Bertz CT molecular complexity index is 1520. The fourth-order valence-electron chi connectivity index (χ4n) is 4.98. The highest BCUT2D eigenvalue weighted by molar-refractivity contribution is 5.99. The maximum atomic E-state index is 13.9. The maximum Gasteiger partial charge on any atom is 0.290 e. The van der Waals surface area contributed by atoms with E-state index in [4.69, 9.17) is 13.9 Å². The Morgan fingerprint density at radius 1 is 0.921 bits per heavy atom. The Morgan fingerprint density at radius 2 is 1.61 bits per heavy atom. The standard InChI is InChI=1S/C32H33NO5/c1-5-6-17-37-25-13-9-23(10-14-25)29-28-30(34)26-18-20(2)21(3)19-27(26)38-31(28)32(35)33(29)16-15-22-7-11-24(36-4)12-8-22/h7-14,18-19,29H,5-6,15-17H2,1-4H3. The predicted octanol–water partition coefficient (Wildman–Crippen LogP) is 6.39. The fourth-order valence-corrected chi connectivity index (χ4v) is 4.98. The number of nitrogens with zero attached hydrogens (tertiary/aromatic N) is 1. The number of amides is 1. The molecule has 4 aromatic rings. The molecule has 0 fully saturated rings. The summed E-state index contributed by atoms with van der Waals surface area (Å²) in [6.07, 6.45) is 2.67. The van der Waals surface area contributed by atoms with E-state index in [1.54, 1.807) is 12.0 Å². The average Bonchev–Trinajstić information content (AvgIpc) is 3.21. The van der Waals surface area contributed by atoms with Gasteiger partial charge in [0, 0.05) is 6.54 Å². The lowest BCUT2D eigenvalue weighted by Gasteiger charge is -2.25. The second-order valence-electron chi connectivity index (χ2n) is 9.88. The number of carbonyl (C=O) groups is 1. The van der Waals surface area contributed by atoms with Gasteiger partial charge in [0.25, 0.3) is 5.91 Å². The van der Waals surface area contributed by atoms with Crippen LogP contribution in [0.5, 0.6) is 11.5 Å². The van der Waals surface area contributed by atoms with Crippen LogP contribution in [0.3, 0.4) is 0 Å². The lowest BCUT2D eigenvalue weighted by atomic mass is 9.97. The first-order chi connectivity index (χ1) is 18.4. The van der Waals surface area contributed by atoms with Crippen LogP contribution in [0.15, 0.2) is 69.9 Å². The summed E-state index contributed by atoms with van der Waals surface area (Å²) in [7, 11) is 1.64. The number of benzene rings is 3. The molecule has 1 aliphatic rings. The molecular weight excluding hydrogens is 478 g/mol. The number of aryl methyl sites for hydroxylation is 2. The van der Waals surface area contributed by atoms with Crippen molar-refractivity contribution < 1.29 is 18.7 Å². The first-order valence-corrected chi connectivity index (χ1v) is 13.2. The molecule has 6 nitrogen and oxygen atoms in total. The Kier molecular flexibility index (Phi) is 7.23. The quantitative estimate of drug-likeness (QED) is 0.244. The highest BCUT2D eigenvalue weighted by atomic mass is 16.5. The molecule has 0 saturated heterocycles. The van der Waals surface area contributed by atoms with Crippen LogP contribution >= 0.6 is 0 Å². The molecule has 1 amide bonds. The molecule has 5 rings (SSSR count). The van der Waals surface area contributed by atoms with E-state index in [2.05, 4.69) is 6.92 Å². The van der Waals surface area contributed by atoms with Crippen LogP contribution in [-0.4, -0.2) is 31.1 Å². The normalized spacial score (nSPS) is 14.7. The number of hydrogen-bond acceptors (Lipinski definition) is 5. The molecule has 0 aliphatic carbocycles. The number of ether oxygens (including phenoxy) is 2. The number of hydrogen-bond donors (Lipinski definition) is 0. The molecular formula is C32H33NO5. The summed E-state index contributed by atoms with van der Waals surface area (Å²) < 4.78 is 17.3. The molecule has 0 N–H and O–H groups in total. The Balaban J connectivity index is 1.55. The van der Waals surface area contributed by atoms with Gasteiger partial charge in [0.1, 0.15) is 17.1 Å². The molecule has 38 heavy (non-hydrogen) atoms. The highest BCUT2D eigenvalue weighted by Gasteiger charge is 2.42. The second kappa shape index (κ2) is 10.7. The van der Waals surface area contributed by atoms with Crippen molar-refractivity contribution >= 4 is 16.9 Å². The van der Waals surface area contributed by atoms with Crippen LogP contribution in [0.4, 0.5) is 0 Å². The van der Waals surface area contributed by atoms with E-state index in [0.717, 1.165) is 46.6 Å². The molecule has 0 spiro atoms. The third-order valence-electron chi connectivity index (χ3n) is 7.34. The largest absolute Gasteiger partial charge is 0.497 e. The van der Waals surface area contributed by atoms with E-state index in [1.165, 1.54) is 0 Å². The summed E-state index contributed by atoms with van der Waals surface area (Å²) in [5.74, 6) is 1.42. The second-order valence-corrected chi connectivity index (χ2v) is 9.88. The third kappa shape index (κ3) is 4.78. The van der Waals surface area contributed by atoms with Crippen LogP contribution < -0.4 is 14.9 Å². The van der Waals surface area contributed by atoms with Crippen LogP contribution in [0, 0.1) is 13.8 Å². The zero-order valence-corrected chi connectivity index (χ0v) is 22.4. The number of methoxy groups -OCH3 is 1. The monoisotopic (exact) mass is 511 g/mol. The van der Waals surface area contributed by atoms with E-state index >= 15 is 0 Å². The number of unbranched alkanes of at least 4 members (excludes halogenated alkanes) is 1. The number of fused-ring (bicyclic) bond motifs is 2. The van der Waals surface area contributed by atoms with Gasteiger partial charge in [-0.15, -0.1) is 0 Å². The van der Waals surface area contributed by atoms with E-state index in [0.29, 0.717) is 36.1 Å². The Morgan fingerprint density at radius 3 is 2.29 bits per heavy atom. The lowest BCUT2D eigenvalue weighted by molar-refractivity contribution is 0.0730. The molecule has 1 atom stereocenters. The molecule has 1 unspecified atom stereocenters. The summed E-state index contributed by atoms with van der Waals surface area (Å²) in [6, 6.07) is 18.7. The van der Waals surface area contributed by atoms with Crippen molar-refractivity contribution in [3.8, 4) is 11.5 Å². The van der Waals surface area contributed by atoms with Gasteiger partial charge in [0.2, 0.25) is 5.76 Å². The predicted molar refractivity (Wildman–Crippen MR) is 148 cm³/mol. The van der Waals surface area contributed by atoms with Gasteiger partial charge in [-0.3, -0.25) is 9.59 Å². The Hall–Kier alpha value is -4.06. The molecule has 6 heteroatoms. The molecule has 3 aromatic carbocycles. The van der Waals surface area contributed by atoms with Crippen LogP contribution in [0.1, 0.15) is 64.2 Å². The van der Waals surface area contributed by atoms with Crippen LogP contribution in [0.2, 0.25) is 0 Å². The molecule has 1 aliphatic heterocycles. The fraction of sp³-hybridized carbons (Fsp3) is 0.312. The summed E-state index contributed by atoms with van der Waals surface area (Å²) in [4.78, 5) is 29.4. The Labute approximate surface area is 222 Å². The van der Waals surface area contributed by atoms with E-state index in [-0.39, 0.29) is 17.1 Å². The molecule has 0 bridgehead atoms. The average molecular weight is 512 g/mol. The third-order valence-corrected chi connectivity index (χ3v) is 7.34. The zero-order valence-electron chi connectivity index (χ0n) is 22.4. The molecule has 0 saturated carbocycles. The topological polar surface area (TPSA) is 69.0 Å². The first kappa shape index (κ1) is 25.6. The van der Waals surface area contributed by atoms with Crippen molar-refractivity contribution in [2.24, 2.45) is 0 Å². The van der Waals surface area contributed by atoms with E-state index in [9.17, 15) is 9.59 Å². The minimum Gasteiger partial charge on any atom is -0.497 e. The van der Waals surface area contributed by atoms with Crippen molar-refractivity contribution in [1.29, 1.82) is 0 Å². The van der Waals surface area contributed by atoms with Gasteiger partial charge in [-0.2, -0.15) is 0 Å². The van der Waals surface area contributed by atoms with Crippen molar-refractivity contribution in [3.05, 3.63) is 104 Å². The SMILES string of the molecule is CCCCOc1ccc(C2c3c(oc4cc(C)c(C)cc4c3=O)C(=O)N2CCc2ccc(OC)cc2)cc1. The van der Waals surface area contributed by atoms with Gasteiger partial charge < -0.3 is 18.8 Å². The number of rotatable bonds is 9. The summed E-state index contributed by atoms with van der Waals surface area (Å²) in [6.45, 7) is 7.16. The van der Waals surface area contributed by atoms with Crippen molar-refractivity contribution in [2.75, 3.05) is 20.3 Å². The van der Waals surface area contributed by atoms with Crippen LogP contribution in [-0.2, 0) is 6.42 Å². The van der Waals surface area contributed by atoms with Gasteiger partial charge in [0.15, 0.2) is 5.43 Å². The maximum absolute atomic E-state index is 13.9. The van der Waals surface area contributed by atoms with Crippen molar-refractivity contribution in [1.82, 2.24) is 4.90 Å². The van der Waals surface area contributed by atoms with Gasteiger partial charge in [-0.1, -0.05) is 37.6 Å². The van der Waals surface area contributed by atoms with Crippen molar-refractivity contribution in [2.45, 2.75) is 46.1 Å². The van der Waals surface area contributed by atoms with Crippen LogP contribution in [0.25, 0.3) is 11.0 Å². The smallest absolute Gasteiger partial charge is 0.290 e. The van der Waals surface area contributed by atoms with E-state index in [1.807, 2.05) is 74.5 Å². The summed E-state index contributed by atoms with van der Waals surface area (Å²) >= 11 is 0. The van der Waals surface area contributed by atoms with Gasteiger partial charge in [-0.25, -0.2) is 0 Å². The molecule has 0 radical (unpaired) electrons. The first-order valence-electron chi connectivity index (χ1n) is 13.2. The number of carbonyl (C=O) groups excluding carboxylic acids is 1. The minimum absolute atomic E-state index is 0.133.